The molecule has 9 heteroatoms. The molecule has 0 aliphatic rings. The normalized spacial score (nSPS) is 11.0. The second-order valence-electron chi connectivity index (χ2n) is 7.43. The first-order valence-electron chi connectivity index (χ1n) is 10.5. The van der Waals surface area contributed by atoms with E-state index in [1.807, 2.05) is 42.5 Å². The smallest absolute Gasteiger partial charge is 0.230 e. The predicted molar refractivity (Wildman–Crippen MR) is 131 cm³/mol. The second kappa shape index (κ2) is 12.4. The van der Waals surface area contributed by atoms with Crippen molar-refractivity contribution >= 4 is 29.4 Å². The highest BCUT2D eigenvalue weighted by atomic mass is 32.2. The molecule has 0 saturated carbocycles. The number of benzene rings is 2. The molecule has 0 bridgehead atoms. The lowest BCUT2D eigenvalue weighted by molar-refractivity contribution is -0.118. The summed E-state index contributed by atoms with van der Waals surface area (Å²) in [4.78, 5) is 13.3. The monoisotopic (exact) mass is 471 g/mol. The molecule has 7 nitrogen and oxygen atoms in total. The minimum Gasteiger partial charge on any atom is -0.486 e. The number of nitrogens with one attached hydrogen (secondary N) is 1. The van der Waals surface area contributed by atoms with Gasteiger partial charge in [0, 0.05) is 11.4 Å². The Kier molecular flexibility index (Phi) is 9.30. The number of rotatable bonds is 12. The van der Waals surface area contributed by atoms with E-state index in [0.717, 1.165) is 17.9 Å². The molecule has 0 aliphatic carbocycles. The van der Waals surface area contributed by atoms with Gasteiger partial charge in [-0.3, -0.25) is 4.79 Å². The minimum absolute atomic E-state index is 0.0502. The van der Waals surface area contributed by atoms with Crippen molar-refractivity contribution in [1.29, 1.82) is 0 Å². The summed E-state index contributed by atoms with van der Waals surface area (Å²) in [5, 5.41) is 11.6. The van der Waals surface area contributed by atoms with E-state index in [2.05, 4.69) is 41.5 Å². The Morgan fingerprint density at radius 1 is 1.09 bits per heavy atom. The molecule has 0 fully saturated rings. The highest BCUT2D eigenvalue weighted by Gasteiger charge is 2.13. The lowest BCUT2D eigenvalue weighted by Crippen LogP contribution is -2.26. The van der Waals surface area contributed by atoms with Gasteiger partial charge in [-0.05, 0) is 47.9 Å². The summed E-state index contributed by atoms with van der Waals surface area (Å²) in [5.74, 6) is 8.93. The number of ether oxygens (including phenoxy) is 1. The van der Waals surface area contributed by atoms with Crippen molar-refractivity contribution in [3.8, 4) is 5.75 Å². The Balaban J connectivity index is 1.35. The first kappa shape index (κ1) is 24.0. The molecule has 1 heterocycles. The van der Waals surface area contributed by atoms with Gasteiger partial charge in [0.15, 0.2) is 5.82 Å². The largest absolute Gasteiger partial charge is 0.486 e. The van der Waals surface area contributed by atoms with Crippen molar-refractivity contribution in [1.82, 2.24) is 20.2 Å². The Labute approximate surface area is 197 Å². The molecule has 0 spiro atoms. The van der Waals surface area contributed by atoms with Gasteiger partial charge in [0.25, 0.3) is 0 Å². The van der Waals surface area contributed by atoms with Gasteiger partial charge in [0.05, 0.1) is 5.75 Å². The van der Waals surface area contributed by atoms with E-state index >= 15 is 0 Å². The molecule has 3 aromatic rings. The molecule has 0 unspecified atom stereocenters. The second-order valence-corrected chi connectivity index (χ2v) is 9.55. The van der Waals surface area contributed by atoms with Gasteiger partial charge < -0.3 is 15.9 Å². The van der Waals surface area contributed by atoms with Gasteiger partial charge in [0.1, 0.15) is 12.4 Å². The highest BCUT2D eigenvalue weighted by Crippen LogP contribution is 2.20. The fraction of sp³-hybridized carbons (Fsp3) is 0.348. The number of thioether (sulfide) groups is 2. The quantitative estimate of drug-likeness (QED) is 0.233. The standard InChI is InChI=1S/C23H29N5O2S2/c1-17(2)18-9-11-19(12-10-18)30-15-21-26-27-23(28(21)24)32-16-22(29)25-13-6-14-31-20-7-4-3-5-8-20/h3-5,7-12,17H,6,13-16,24H2,1-2H3,(H,25,29). The lowest BCUT2D eigenvalue weighted by atomic mass is 10.0. The van der Waals surface area contributed by atoms with E-state index in [1.165, 1.54) is 26.9 Å². The van der Waals surface area contributed by atoms with Crippen LogP contribution in [0.5, 0.6) is 5.75 Å². The van der Waals surface area contributed by atoms with Gasteiger partial charge >= 0.3 is 0 Å². The van der Waals surface area contributed by atoms with E-state index in [1.54, 1.807) is 11.8 Å². The minimum atomic E-state index is -0.0502. The van der Waals surface area contributed by atoms with Gasteiger partial charge in [-0.1, -0.05) is 55.9 Å². The first-order valence-corrected chi connectivity index (χ1v) is 12.5. The van der Waals surface area contributed by atoms with Crippen molar-refractivity contribution in [3.05, 3.63) is 66.0 Å². The SMILES string of the molecule is CC(C)c1ccc(OCc2nnc(SCC(=O)NCCCSc3ccccc3)n2N)cc1. The van der Waals surface area contributed by atoms with Crippen LogP contribution in [-0.4, -0.2) is 38.8 Å². The third kappa shape index (κ3) is 7.49. The lowest BCUT2D eigenvalue weighted by Gasteiger charge is -2.09. The molecule has 32 heavy (non-hydrogen) atoms. The van der Waals surface area contributed by atoms with Crippen molar-refractivity contribution in [3.63, 3.8) is 0 Å². The fourth-order valence-corrected chi connectivity index (χ4v) is 4.37. The van der Waals surface area contributed by atoms with Gasteiger partial charge in [-0.25, -0.2) is 4.68 Å². The molecule has 0 aliphatic heterocycles. The maximum atomic E-state index is 12.1. The maximum Gasteiger partial charge on any atom is 0.230 e. The van der Waals surface area contributed by atoms with Crippen LogP contribution in [0.15, 0.2) is 64.6 Å². The van der Waals surface area contributed by atoms with Crippen LogP contribution >= 0.6 is 23.5 Å². The fourth-order valence-electron chi connectivity index (χ4n) is 2.79. The third-order valence-corrected chi connectivity index (χ3v) is 6.68. The van der Waals surface area contributed by atoms with E-state index in [-0.39, 0.29) is 18.3 Å². The first-order chi connectivity index (χ1) is 15.5. The van der Waals surface area contributed by atoms with Crippen molar-refractivity contribution in [2.45, 2.75) is 42.8 Å². The predicted octanol–water partition coefficient (Wildman–Crippen LogP) is 4.09. The maximum absolute atomic E-state index is 12.1. The number of nitrogens with two attached hydrogens (primary N) is 1. The zero-order chi connectivity index (χ0) is 22.8. The molecular weight excluding hydrogens is 442 g/mol. The van der Waals surface area contributed by atoms with Crippen LogP contribution in [0.4, 0.5) is 0 Å². The van der Waals surface area contributed by atoms with Crippen LogP contribution in [0, 0.1) is 0 Å². The number of hydrogen-bond acceptors (Lipinski definition) is 7. The molecule has 0 atom stereocenters. The molecule has 170 valence electrons. The summed E-state index contributed by atoms with van der Waals surface area (Å²) >= 11 is 3.04. The van der Waals surface area contributed by atoms with Gasteiger partial charge in [0.2, 0.25) is 11.1 Å². The summed E-state index contributed by atoms with van der Waals surface area (Å²) in [6.45, 7) is 5.15. The van der Waals surface area contributed by atoms with E-state index in [4.69, 9.17) is 10.6 Å². The Morgan fingerprint density at radius 3 is 2.56 bits per heavy atom. The summed E-state index contributed by atoms with van der Waals surface area (Å²) in [5.41, 5.74) is 1.26. The molecule has 3 rings (SSSR count). The molecule has 0 saturated heterocycles. The number of nitrogens with zero attached hydrogens (tertiary/aromatic N) is 3. The molecular formula is C23H29N5O2S2. The van der Waals surface area contributed by atoms with Crippen LogP contribution in [0.2, 0.25) is 0 Å². The number of aromatic nitrogens is 3. The van der Waals surface area contributed by atoms with E-state index in [9.17, 15) is 4.79 Å². The average molecular weight is 472 g/mol. The number of carbonyl (C=O) groups is 1. The van der Waals surface area contributed by atoms with Crippen LogP contribution in [0.25, 0.3) is 0 Å². The van der Waals surface area contributed by atoms with Crippen molar-refractivity contribution in [2.75, 3.05) is 23.9 Å². The van der Waals surface area contributed by atoms with E-state index < -0.39 is 0 Å². The third-order valence-electron chi connectivity index (χ3n) is 4.64. The summed E-state index contributed by atoms with van der Waals surface area (Å²) in [7, 11) is 0. The van der Waals surface area contributed by atoms with Crippen LogP contribution < -0.4 is 15.9 Å². The summed E-state index contributed by atoms with van der Waals surface area (Å²) < 4.78 is 7.13. The highest BCUT2D eigenvalue weighted by molar-refractivity contribution is 7.99. The zero-order valence-electron chi connectivity index (χ0n) is 18.4. The number of carbonyl (C=O) groups excluding carboxylic acids is 1. The molecule has 0 radical (unpaired) electrons. The van der Waals surface area contributed by atoms with E-state index in [0.29, 0.717) is 23.4 Å². The van der Waals surface area contributed by atoms with Crippen LogP contribution in [-0.2, 0) is 11.4 Å². The number of hydrogen-bond donors (Lipinski definition) is 2. The average Bonchev–Trinajstić information content (AvgIpc) is 3.16. The Morgan fingerprint density at radius 2 is 1.84 bits per heavy atom. The molecule has 2 aromatic carbocycles. The molecule has 1 aromatic heterocycles. The van der Waals surface area contributed by atoms with Crippen LogP contribution in [0.3, 0.4) is 0 Å². The zero-order valence-corrected chi connectivity index (χ0v) is 20.0. The summed E-state index contributed by atoms with van der Waals surface area (Å²) in [6.07, 6.45) is 0.905. The van der Waals surface area contributed by atoms with Gasteiger partial charge in [-0.15, -0.1) is 22.0 Å². The van der Waals surface area contributed by atoms with Gasteiger partial charge in [-0.2, -0.15) is 0 Å². The Hall–Kier alpha value is -2.65. The topological polar surface area (TPSA) is 95.1 Å². The number of amides is 1. The molecule has 1 amide bonds. The van der Waals surface area contributed by atoms with Crippen LogP contribution in [0.1, 0.15) is 37.6 Å². The summed E-state index contributed by atoms with van der Waals surface area (Å²) in [6, 6.07) is 18.2. The van der Waals surface area contributed by atoms with Crippen molar-refractivity contribution < 1.29 is 9.53 Å². The molecule has 3 N–H and O–H groups in total. The number of nitrogen functional groups attached to an aromatic ring is 1. The van der Waals surface area contributed by atoms with Crippen molar-refractivity contribution in [2.24, 2.45) is 0 Å². The Bertz CT molecular complexity index is 978.